The minimum Gasteiger partial charge on any atom is -0.378 e. The molecule has 1 fully saturated rings. The fraction of sp³-hybridized carbons (Fsp3) is 0.389. The molecule has 3 rings (SSSR count). The van der Waals surface area contributed by atoms with Gasteiger partial charge < -0.3 is 9.64 Å². The predicted octanol–water partition coefficient (Wildman–Crippen LogP) is 3.58. The summed E-state index contributed by atoms with van der Waals surface area (Å²) in [5.74, 6) is -1.72. The van der Waals surface area contributed by atoms with Gasteiger partial charge in [-0.05, 0) is 30.1 Å². The summed E-state index contributed by atoms with van der Waals surface area (Å²) < 4.78 is 44.1. The number of benzene rings is 1. The lowest BCUT2D eigenvalue weighted by molar-refractivity contribution is -0.166. The molecule has 3 nitrogen and oxygen atoms in total. The molecule has 1 heterocycles. The van der Waals surface area contributed by atoms with Crippen LogP contribution in [0.1, 0.15) is 18.4 Å². The summed E-state index contributed by atoms with van der Waals surface area (Å²) in [6.45, 7) is 1.90. The Hall–Kier alpha value is -2.08. The van der Waals surface area contributed by atoms with Crippen LogP contribution in [0.25, 0.3) is 6.08 Å². The number of hydrogen-bond donors (Lipinski definition) is 0. The number of ketones is 1. The van der Waals surface area contributed by atoms with E-state index >= 15 is 0 Å². The van der Waals surface area contributed by atoms with Crippen LogP contribution >= 0.6 is 0 Å². The van der Waals surface area contributed by atoms with E-state index in [1.165, 1.54) is 0 Å². The third-order valence-electron chi connectivity index (χ3n) is 4.23. The van der Waals surface area contributed by atoms with E-state index in [0.29, 0.717) is 38.4 Å². The first kappa shape index (κ1) is 16.8. The second-order valence-electron chi connectivity index (χ2n) is 5.83. The van der Waals surface area contributed by atoms with Crippen LogP contribution in [-0.4, -0.2) is 43.2 Å². The Labute approximate surface area is 138 Å². The van der Waals surface area contributed by atoms with Crippen LogP contribution in [0.4, 0.5) is 13.2 Å². The second kappa shape index (κ2) is 6.81. The first-order valence-corrected chi connectivity index (χ1v) is 7.90. The number of carbonyl (C=O) groups is 1. The molecule has 0 spiro atoms. The number of morpholine rings is 1. The number of hydrogen-bond acceptors (Lipinski definition) is 3. The van der Waals surface area contributed by atoms with Gasteiger partial charge in [0.05, 0.1) is 13.2 Å². The molecule has 0 bridgehead atoms. The van der Waals surface area contributed by atoms with Gasteiger partial charge in [-0.2, -0.15) is 13.2 Å². The maximum Gasteiger partial charge on any atom is 0.454 e. The third-order valence-corrected chi connectivity index (χ3v) is 4.23. The van der Waals surface area contributed by atoms with Crippen molar-refractivity contribution in [2.24, 2.45) is 0 Å². The minimum atomic E-state index is -4.84. The molecule has 1 aromatic rings. The number of carbonyl (C=O) groups excluding carboxylic acids is 1. The molecule has 1 aliphatic carbocycles. The molecule has 1 saturated heterocycles. The second-order valence-corrected chi connectivity index (χ2v) is 5.83. The van der Waals surface area contributed by atoms with Gasteiger partial charge in [0.25, 0.3) is 5.78 Å². The fourth-order valence-electron chi connectivity index (χ4n) is 3.15. The van der Waals surface area contributed by atoms with Gasteiger partial charge in [-0.3, -0.25) is 4.79 Å². The van der Waals surface area contributed by atoms with Crippen LogP contribution < -0.4 is 0 Å². The lowest BCUT2D eigenvalue weighted by atomic mass is 10.1. The lowest BCUT2D eigenvalue weighted by Gasteiger charge is -2.31. The van der Waals surface area contributed by atoms with Crippen molar-refractivity contribution in [3.8, 4) is 0 Å². The van der Waals surface area contributed by atoms with Gasteiger partial charge >= 0.3 is 6.18 Å². The van der Waals surface area contributed by atoms with Gasteiger partial charge in [-0.25, -0.2) is 0 Å². The maximum absolute atomic E-state index is 12.9. The maximum atomic E-state index is 12.9. The Balaban J connectivity index is 2.02. The summed E-state index contributed by atoms with van der Waals surface area (Å²) in [5.41, 5.74) is 2.03. The first-order chi connectivity index (χ1) is 11.5. The van der Waals surface area contributed by atoms with Crippen LogP contribution in [0.3, 0.4) is 0 Å². The summed E-state index contributed by atoms with van der Waals surface area (Å²) >= 11 is 0. The van der Waals surface area contributed by atoms with Gasteiger partial charge in [0.15, 0.2) is 0 Å². The fourth-order valence-corrected chi connectivity index (χ4v) is 3.15. The molecule has 6 heteroatoms. The standard InChI is InChI=1S/C18H18F3NO2/c19-18(20,21)17(23)15-7-6-14(12-13-4-2-1-3-5-13)16(15)22-8-10-24-11-9-22/h1-5,12H,6-11H2/b14-12-. The molecule has 1 aliphatic heterocycles. The van der Waals surface area contributed by atoms with E-state index in [2.05, 4.69) is 0 Å². The van der Waals surface area contributed by atoms with Crippen molar-refractivity contribution in [2.45, 2.75) is 19.0 Å². The Morgan fingerprint density at radius 3 is 2.38 bits per heavy atom. The summed E-state index contributed by atoms with van der Waals surface area (Å²) in [6, 6.07) is 9.43. The van der Waals surface area contributed by atoms with E-state index in [-0.39, 0.29) is 12.0 Å². The predicted molar refractivity (Wildman–Crippen MR) is 84.1 cm³/mol. The van der Waals surface area contributed by atoms with Crippen LogP contribution in [-0.2, 0) is 9.53 Å². The monoisotopic (exact) mass is 337 g/mol. The van der Waals surface area contributed by atoms with E-state index in [0.717, 1.165) is 11.1 Å². The molecule has 0 N–H and O–H groups in total. The smallest absolute Gasteiger partial charge is 0.378 e. The number of nitrogens with zero attached hydrogens (tertiary/aromatic N) is 1. The summed E-state index contributed by atoms with van der Waals surface area (Å²) in [5, 5.41) is 0. The number of alkyl halides is 3. The lowest BCUT2D eigenvalue weighted by Crippen LogP contribution is -2.37. The van der Waals surface area contributed by atoms with Crippen molar-refractivity contribution in [3.63, 3.8) is 0 Å². The Morgan fingerprint density at radius 2 is 1.75 bits per heavy atom. The van der Waals surface area contributed by atoms with Gasteiger partial charge in [-0.15, -0.1) is 0 Å². The normalized spacial score (nSPS) is 20.8. The first-order valence-electron chi connectivity index (χ1n) is 7.90. The van der Waals surface area contributed by atoms with Gasteiger partial charge in [0, 0.05) is 24.4 Å². The van der Waals surface area contributed by atoms with Crippen LogP contribution in [0.15, 0.2) is 47.2 Å². The highest BCUT2D eigenvalue weighted by Crippen LogP contribution is 2.39. The van der Waals surface area contributed by atoms with E-state index in [4.69, 9.17) is 4.74 Å². The molecular formula is C18H18F3NO2. The van der Waals surface area contributed by atoms with Crippen LogP contribution in [0, 0.1) is 0 Å². The number of halogens is 3. The van der Waals surface area contributed by atoms with Crippen molar-refractivity contribution in [1.29, 1.82) is 0 Å². The quantitative estimate of drug-likeness (QED) is 0.844. The molecule has 1 aromatic carbocycles. The van der Waals surface area contributed by atoms with Crippen molar-refractivity contribution in [2.75, 3.05) is 26.3 Å². The molecule has 128 valence electrons. The van der Waals surface area contributed by atoms with Crippen molar-refractivity contribution >= 4 is 11.9 Å². The van der Waals surface area contributed by atoms with E-state index in [9.17, 15) is 18.0 Å². The number of ether oxygens (including phenoxy) is 1. The zero-order valence-electron chi connectivity index (χ0n) is 13.1. The molecule has 24 heavy (non-hydrogen) atoms. The molecule has 0 unspecified atom stereocenters. The largest absolute Gasteiger partial charge is 0.454 e. The van der Waals surface area contributed by atoms with E-state index in [1.54, 1.807) is 0 Å². The minimum absolute atomic E-state index is 0.119. The average molecular weight is 337 g/mol. The number of rotatable bonds is 3. The molecule has 0 radical (unpaired) electrons. The molecule has 0 aromatic heterocycles. The Kier molecular flexibility index (Phi) is 4.76. The molecular weight excluding hydrogens is 319 g/mol. The number of allylic oxidation sites excluding steroid dienone is 2. The van der Waals surface area contributed by atoms with Gasteiger partial charge in [-0.1, -0.05) is 30.3 Å². The van der Waals surface area contributed by atoms with Gasteiger partial charge in [0.2, 0.25) is 0 Å². The highest BCUT2D eigenvalue weighted by atomic mass is 19.4. The van der Waals surface area contributed by atoms with E-state index in [1.807, 2.05) is 41.3 Å². The highest BCUT2D eigenvalue weighted by Gasteiger charge is 2.44. The molecule has 0 saturated carbocycles. The topological polar surface area (TPSA) is 29.5 Å². The number of Topliss-reactive ketones (excluding diaryl/α,β-unsaturated/α-hetero) is 1. The van der Waals surface area contributed by atoms with Crippen LogP contribution in [0.5, 0.6) is 0 Å². The molecule has 0 amide bonds. The zero-order chi connectivity index (χ0) is 17.2. The molecule has 2 aliphatic rings. The SMILES string of the molecule is O=C(C1=C(N2CCOCC2)/C(=C\c2ccccc2)CC1)C(F)(F)F. The summed E-state index contributed by atoms with van der Waals surface area (Å²) in [4.78, 5) is 13.7. The van der Waals surface area contributed by atoms with Crippen molar-refractivity contribution < 1.29 is 22.7 Å². The van der Waals surface area contributed by atoms with Gasteiger partial charge in [0.1, 0.15) is 0 Å². The Bertz CT molecular complexity index is 671. The van der Waals surface area contributed by atoms with Crippen LogP contribution in [0.2, 0.25) is 0 Å². The highest BCUT2D eigenvalue weighted by molar-refractivity contribution is 6.01. The average Bonchev–Trinajstić information content (AvgIpc) is 2.98. The van der Waals surface area contributed by atoms with Crippen molar-refractivity contribution in [3.05, 3.63) is 52.7 Å². The third kappa shape index (κ3) is 3.53. The summed E-state index contributed by atoms with van der Waals surface area (Å²) in [7, 11) is 0. The van der Waals surface area contributed by atoms with E-state index < -0.39 is 12.0 Å². The van der Waals surface area contributed by atoms with Crippen molar-refractivity contribution in [1.82, 2.24) is 4.90 Å². The Morgan fingerprint density at radius 1 is 1.08 bits per heavy atom. The zero-order valence-corrected chi connectivity index (χ0v) is 13.1. The summed E-state index contributed by atoms with van der Waals surface area (Å²) in [6.07, 6.45) is -2.39. The molecule has 0 atom stereocenters.